The molecule has 0 fully saturated rings. The summed E-state index contributed by atoms with van der Waals surface area (Å²) in [6.07, 6.45) is 2.66. The molecule has 0 radical (unpaired) electrons. The number of benzene rings is 1. The molecule has 3 aromatic rings. The molecule has 176 valence electrons. The highest BCUT2D eigenvalue weighted by molar-refractivity contribution is 6.93. The van der Waals surface area contributed by atoms with E-state index in [1.165, 1.54) is 0 Å². The quantitative estimate of drug-likeness (QED) is 0.505. The molecule has 7 heteroatoms. The van der Waals surface area contributed by atoms with Crippen LogP contribution in [0.5, 0.6) is 0 Å². The third-order valence-electron chi connectivity index (χ3n) is 7.36. The minimum Gasteiger partial charge on any atom is -0.449 e. The van der Waals surface area contributed by atoms with Crippen LogP contribution in [0.1, 0.15) is 58.6 Å². The van der Waals surface area contributed by atoms with Crippen molar-refractivity contribution in [2.24, 2.45) is 0 Å². The molecule has 2 aromatic heterocycles. The maximum absolute atomic E-state index is 12.9. The van der Waals surface area contributed by atoms with E-state index >= 15 is 0 Å². The van der Waals surface area contributed by atoms with E-state index in [-0.39, 0.29) is 5.56 Å². The molecule has 3 heterocycles. The summed E-state index contributed by atoms with van der Waals surface area (Å²) >= 11 is 0. The number of H-pyrrole nitrogens is 1. The molecule has 0 spiro atoms. The van der Waals surface area contributed by atoms with E-state index < -0.39 is 8.07 Å². The third kappa shape index (κ3) is 4.36. The Labute approximate surface area is 197 Å². The first-order chi connectivity index (χ1) is 15.7. The van der Waals surface area contributed by atoms with Crippen molar-refractivity contribution in [3.63, 3.8) is 0 Å². The van der Waals surface area contributed by atoms with Gasteiger partial charge in [0.15, 0.2) is 13.6 Å². The van der Waals surface area contributed by atoms with Gasteiger partial charge in [0.2, 0.25) is 0 Å². The Balaban J connectivity index is 1.54. The number of nitrogens with zero attached hydrogens (tertiary/aromatic N) is 3. The summed E-state index contributed by atoms with van der Waals surface area (Å²) in [6, 6.07) is 9.81. The van der Waals surface area contributed by atoms with Gasteiger partial charge in [0.1, 0.15) is 11.6 Å². The fourth-order valence-corrected chi connectivity index (χ4v) is 12.0. The predicted octanol–water partition coefficient (Wildman–Crippen LogP) is 4.87. The van der Waals surface area contributed by atoms with E-state index in [9.17, 15) is 4.79 Å². The Kier molecular flexibility index (Phi) is 6.72. The molecule has 6 nitrogen and oxygen atoms in total. The molecule has 0 aliphatic carbocycles. The van der Waals surface area contributed by atoms with Crippen molar-refractivity contribution in [3.8, 4) is 11.4 Å². The van der Waals surface area contributed by atoms with Gasteiger partial charge in [-0.2, -0.15) is 0 Å². The number of hydrogen-bond donors (Lipinski definition) is 1. The van der Waals surface area contributed by atoms with E-state index in [2.05, 4.69) is 51.4 Å². The highest BCUT2D eigenvalue weighted by Crippen LogP contribution is 2.40. The van der Waals surface area contributed by atoms with Crippen LogP contribution in [0.3, 0.4) is 0 Å². The van der Waals surface area contributed by atoms with E-state index in [1.807, 2.05) is 36.5 Å². The second-order valence-electron chi connectivity index (χ2n) is 10.2. The number of oxazole rings is 1. The summed E-state index contributed by atoms with van der Waals surface area (Å²) < 4.78 is 6.44. The van der Waals surface area contributed by atoms with Crippen molar-refractivity contribution >= 4 is 13.6 Å². The maximum atomic E-state index is 12.9. The molecule has 1 N–H and O–H groups in total. The van der Waals surface area contributed by atoms with Crippen molar-refractivity contribution in [1.29, 1.82) is 0 Å². The van der Waals surface area contributed by atoms with Gasteiger partial charge in [-0.15, -0.1) is 0 Å². The third-order valence-corrected chi connectivity index (χ3v) is 14.1. The number of hydrogen-bond acceptors (Lipinski definition) is 5. The van der Waals surface area contributed by atoms with Crippen LogP contribution in [0.4, 0.5) is 0 Å². The Morgan fingerprint density at radius 2 is 1.73 bits per heavy atom. The second kappa shape index (κ2) is 9.39. The lowest BCUT2D eigenvalue weighted by molar-refractivity contribution is 0.224. The normalized spacial score (nSPS) is 14.9. The zero-order valence-corrected chi connectivity index (χ0v) is 21.7. The zero-order valence-electron chi connectivity index (χ0n) is 20.7. The summed E-state index contributed by atoms with van der Waals surface area (Å²) in [5.74, 6) is 1.53. The van der Waals surface area contributed by atoms with Gasteiger partial charge in [0.05, 0.1) is 24.0 Å². The molecule has 0 saturated heterocycles. The summed E-state index contributed by atoms with van der Waals surface area (Å²) in [5, 5.41) is 0. The fraction of sp³-hybridized carbons (Fsp3) is 0.500. The first-order valence-electron chi connectivity index (χ1n) is 12.1. The number of aromatic nitrogens is 3. The van der Waals surface area contributed by atoms with Crippen LogP contribution < -0.4 is 11.1 Å². The van der Waals surface area contributed by atoms with Gasteiger partial charge < -0.3 is 9.40 Å². The van der Waals surface area contributed by atoms with Crippen LogP contribution >= 0.6 is 0 Å². The van der Waals surface area contributed by atoms with Crippen LogP contribution in [-0.2, 0) is 19.5 Å². The van der Waals surface area contributed by atoms with E-state index in [4.69, 9.17) is 14.4 Å². The molecule has 0 saturated carbocycles. The molecule has 0 unspecified atom stereocenters. The number of aromatic amines is 1. The average molecular weight is 465 g/mol. The van der Waals surface area contributed by atoms with E-state index in [0.29, 0.717) is 35.5 Å². The van der Waals surface area contributed by atoms with Crippen molar-refractivity contribution in [1.82, 2.24) is 19.9 Å². The summed E-state index contributed by atoms with van der Waals surface area (Å²) in [7, 11) is -1.92. The van der Waals surface area contributed by atoms with Crippen LogP contribution in [-0.4, -0.2) is 34.5 Å². The van der Waals surface area contributed by atoms with Crippen LogP contribution in [0.2, 0.25) is 16.6 Å². The molecule has 1 aromatic carbocycles. The molecule has 1 aliphatic heterocycles. The Hall–Kier alpha value is -2.51. The largest absolute Gasteiger partial charge is 0.449 e. The van der Waals surface area contributed by atoms with Gasteiger partial charge in [-0.1, -0.05) is 71.9 Å². The minimum absolute atomic E-state index is 0.0485. The van der Waals surface area contributed by atoms with E-state index in [1.54, 1.807) is 0 Å². The van der Waals surface area contributed by atoms with E-state index in [0.717, 1.165) is 41.1 Å². The second-order valence-corrected chi connectivity index (χ2v) is 16.0. The average Bonchev–Trinajstić information content (AvgIpc) is 3.22. The van der Waals surface area contributed by atoms with Crippen molar-refractivity contribution in [2.75, 3.05) is 6.54 Å². The smallest absolute Gasteiger partial charge is 0.255 e. The van der Waals surface area contributed by atoms with Crippen LogP contribution in [0.25, 0.3) is 11.4 Å². The summed E-state index contributed by atoms with van der Waals surface area (Å²) in [4.78, 5) is 27.7. The zero-order chi connectivity index (χ0) is 23.8. The Morgan fingerprint density at radius 3 is 2.36 bits per heavy atom. The first-order valence-corrected chi connectivity index (χ1v) is 14.3. The minimum atomic E-state index is -1.92. The Bertz CT molecular complexity index is 1130. The predicted molar refractivity (Wildman–Crippen MR) is 135 cm³/mol. The van der Waals surface area contributed by atoms with Crippen molar-refractivity contribution < 1.29 is 4.42 Å². The highest BCUT2D eigenvalue weighted by Gasteiger charge is 2.49. The lowest BCUT2D eigenvalue weighted by atomic mass is 10.1. The fourth-order valence-electron chi connectivity index (χ4n) is 5.89. The summed E-state index contributed by atoms with van der Waals surface area (Å²) in [6.45, 7) is 16.0. The number of nitrogens with one attached hydrogen (secondary N) is 1. The van der Waals surface area contributed by atoms with Gasteiger partial charge in [-0.25, -0.2) is 9.97 Å². The lowest BCUT2D eigenvalue weighted by Gasteiger charge is -2.39. The molecule has 0 atom stereocenters. The number of rotatable bonds is 7. The molecular formula is C26H36N4O2Si. The van der Waals surface area contributed by atoms with Gasteiger partial charge >= 0.3 is 0 Å². The highest BCUT2D eigenvalue weighted by atomic mass is 28.3. The maximum Gasteiger partial charge on any atom is 0.255 e. The molecule has 0 bridgehead atoms. The van der Waals surface area contributed by atoms with Gasteiger partial charge in [-0.3, -0.25) is 9.69 Å². The lowest BCUT2D eigenvalue weighted by Crippen LogP contribution is -2.56. The monoisotopic (exact) mass is 464 g/mol. The van der Waals surface area contributed by atoms with Crippen molar-refractivity contribution in [3.05, 3.63) is 63.9 Å². The molecular weight excluding hydrogens is 428 g/mol. The van der Waals surface area contributed by atoms with Crippen LogP contribution in [0, 0.1) is 0 Å². The Morgan fingerprint density at radius 1 is 1.06 bits per heavy atom. The number of fused-ring (bicyclic) bond motifs is 1. The standard InChI is InChI=1S/C26H36N4O2Si/c1-17(2)33(18(3)4,19(5)6)26-27-14-21(32-26)15-30-13-12-23-22(16-30)25(31)29-24(28-23)20-10-8-7-9-11-20/h7-11,14,17-19H,12-13,15-16H2,1-6H3,(H,28,29,31). The SMILES string of the molecule is CC(C)[Si](c1ncc(CN2CCc3nc(-c4ccccc4)[nH]c(=O)c3C2)o1)(C(C)C)C(C)C. The topological polar surface area (TPSA) is 75.0 Å². The van der Waals surface area contributed by atoms with Gasteiger partial charge in [0, 0.05) is 25.1 Å². The molecule has 1 aliphatic rings. The first kappa shape index (κ1) is 23.6. The van der Waals surface area contributed by atoms with Crippen molar-refractivity contribution in [2.45, 2.75) is 77.7 Å². The van der Waals surface area contributed by atoms with Gasteiger partial charge in [-0.05, 0) is 16.6 Å². The van der Waals surface area contributed by atoms with Crippen LogP contribution in [0.15, 0.2) is 45.7 Å². The molecule has 0 amide bonds. The van der Waals surface area contributed by atoms with Gasteiger partial charge in [0.25, 0.3) is 5.56 Å². The molecule has 4 rings (SSSR count). The molecule has 33 heavy (non-hydrogen) atoms. The summed E-state index contributed by atoms with van der Waals surface area (Å²) in [5.41, 5.74) is 5.17.